The minimum Gasteiger partial charge on any atom is -0.384 e. The Morgan fingerprint density at radius 2 is 1.95 bits per heavy atom. The predicted molar refractivity (Wildman–Crippen MR) is 83.4 cm³/mol. The zero-order valence-corrected chi connectivity index (χ0v) is 11.7. The van der Waals surface area contributed by atoms with E-state index < -0.39 is 0 Å². The van der Waals surface area contributed by atoms with E-state index in [1.165, 1.54) is 17.7 Å². The van der Waals surface area contributed by atoms with Gasteiger partial charge < -0.3 is 10.6 Å². The van der Waals surface area contributed by atoms with Crippen molar-refractivity contribution in [3.05, 3.63) is 65.5 Å². The van der Waals surface area contributed by atoms with Gasteiger partial charge in [-0.1, -0.05) is 30.3 Å². The standard InChI is InChI=1S/C17H18FN3/c18-14-6-7-16(15(10-14)17(19)20)21-9-8-13(11-21)12-4-2-1-3-5-12/h1-7,10,13H,8-9,11H2,(H3,19,20). The molecule has 0 bridgehead atoms. The van der Waals surface area contributed by atoms with E-state index in [1.807, 2.05) is 6.07 Å². The minimum atomic E-state index is -0.359. The van der Waals surface area contributed by atoms with Crippen LogP contribution in [-0.2, 0) is 0 Å². The van der Waals surface area contributed by atoms with Crippen LogP contribution in [0.1, 0.15) is 23.5 Å². The molecule has 2 aromatic rings. The van der Waals surface area contributed by atoms with Crippen molar-refractivity contribution in [3.8, 4) is 0 Å². The highest BCUT2D eigenvalue weighted by Crippen LogP contribution is 2.32. The summed E-state index contributed by atoms with van der Waals surface area (Å²) in [4.78, 5) is 2.19. The second-order valence-corrected chi connectivity index (χ2v) is 5.42. The molecule has 1 aliphatic rings. The van der Waals surface area contributed by atoms with Gasteiger partial charge in [0, 0.05) is 30.3 Å². The number of nitrogens with two attached hydrogens (primary N) is 1. The Hall–Kier alpha value is -2.36. The van der Waals surface area contributed by atoms with Crippen LogP contribution >= 0.6 is 0 Å². The Balaban J connectivity index is 1.85. The van der Waals surface area contributed by atoms with Crippen LogP contribution in [0.5, 0.6) is 0 Å². The van der Waals surface area contributed by atoms with Crippen molar-refractivity contribution in [2.75, 3.05) is 18.0 Å². The van der Waals surface area contributed by atoms with Crippen molar-refractivity contribution in [3.63, 3.8) is 0 Å². The lowest BCUT2D eigenvalue weighted by molar-refractivity contribution is 0.627. The maximum absolute atomic E-state index is 13.4. The summed E-state index contributed by atoms with van der Waals surface area (Å²) in [5.74, 6) is 0.0199. The second-order valence-electron chi connectivity index (χ2n) is 5.42. The molecule has 0 aliphatic carbocycles. The van der Waals surface area contributed by atoms with E-state index in [0.717, 1.165) is 25.2 Å². The third-order valence-electron chi connectivity index (χ3n) is 4.05. The van der Waals surface area contributed by atoms with E-state index in [9.17, 15) is 4.39 Å². The lowest BCUT2D eigenvalue weighted by Gasteiger charge is -2.22. The number of halogens is 1. The molecule has 0 saturated carbocycles. The summed E-state index contributed by atoms with van der Waals surface area (Å²) in [6.45, 7) is 1.77. The molecule has 1 fully saturated rings. The van der Waals surface area contributed by atoms with Crippen LogP contribution in [0.4, 0.5) is 10.1 Å². The van der Waals surface area contributed by atoms with Crippen molar-refractivity contribution < 1.29 is 4.39 Å². The number of hydrogen-bond donors (Lipinski definition) is 2. The molecule has 1 atom stereocenters. The molecule has 0 spiro atoms. The molecule has 4 heteroatoms. The van der Waals surface area contributed by atoms with E-state index in [0.29, 0.717) is 11.5 Å². The number of nitrogens with zero attached hydrogens (tertiary/aromatic N) is 1. The summed E-state index contributed by atoms with van der Waals surface area (Å²) >= 11 is 0. The second kappa shape index (κ2) is 5.56. The van der Waals surface area contributed by atoms with E-state index in [4.69, 9.17) is 11.1 Å². The van der Waals surface area contributed by atoms with E-state index >= 15 is 0 Å². The number of nitrogen functional groups attached to an aromatic ring is 1. The molecular weight excluding hydrogens is 265 g/mol. The smallest absolute Gasteiger partial charge is 0.125 e. The van der Waals surface area contributed by atoms with Crippen LogP contribution in [0, 0.1) is 11.2 Å². The fourth-order valence-electron chi connectivity index (χ4n) is 2.98. The first-order valence-electron chi connectivity index (χ1n) is 7.09. The average Bonchev–Trinajstić information content (AvgIpc) is 2.97. The number of nitrogens with one attached hydrogen (secondary N) is 1. The van der Waals surface area contributed by atoms with Crippen molar-refractivity contribution in [2.24, 2.45) is 5.73 Å². The van der Waals surface area contributed by atoms with Crippen molar-refractivity contribution in [2.45, 2.75) is 12.3 Å². The van der Waals surface area contributed by atoms with Gasteiger partial charge in [0.25, 0.3) is 0 Å². The molecule has 1 saturated heterocycles. The molecule has 1 aliphatic heterocycles. The van der Waals surface area contributed by atoms with Gasteiger partial charge in [-0.05, 0) is 30.2 Å². The number of rotatable bonds is 3. The first kappa shape index (κ1) is 13.6. The van der Waals surface area contributed by atoms with Crippen molar-refractivity contribution in [1.29, 1.82) is 5.41 Å². The van der Waals surface area contributed by atoms with Gasteiger partial charge in [0.05, 0.1) is 0 Å². The topological polar surface area (TPSA) is 53.1 Å². The Kier molecular flexibility index (Phi) is 3.60. The molecule has 3 nitrogen and oxygen atoms in total. The maximum Gasteiger partial charge on any atom is 0.125 e. The summed E-state index contributed by atoms with van der Waals surface area (Å²) in [6, 6.07) is 14.9. The highest BCUT2D eigenvalue weighted by atomic mass is 19.1. The largest absolute Gasteiger partial charge is 0.384 e. The van der Waals surface area contributed by atoms with Crippen LogP contribution in [0.2, 0.25) is 0 Å². The SMILES string of the molecule is N=C(N)c1cc(F)ccc1N1CCC(c2ccccc2)C1. The van der Waals surface area contributed by atoms with Crippen LogP contribution in [0.3, 0.4) is 0 Å². The number of benzene rings is 2. The Morgan fingerprint density at radius 3 is 2.67 bits per heavy atom. The van der Waals surface area contributed by atoms with Gasteiger partial charge >= 0.3 is 0 Å². The summed E-state index contributed by atoms with van der Waals surface area (Å²) in [5.41, 5.74) is 8.24. The van der Waals surface area contributed by atoms with E-state index in [2.05, 4.69) is 29.2 Å². The molecule has 0 aromatic heterocycles. The van der Waals surface area contributed by atoms with Gasteiger partial charge in [-0.25, -0.2) is 4.39 Å². The zero-order valence-electron chi connectivity index (χ0n) is 11.7. The van der Waals surface area contributed by atoms with Gasteiger partial charge in [0.1, 0.15) is 11.7 Å². The van der Waals surface area contributed by atoms with Crippen LogP contribution < -0.4 is 10.6 Å². The van der Waals surface area contributed by atoms with E-state index in [1.54, 1.807) is 6.07 Å². The molecule has 0 radical (unpaired) electrons. The Morgan fingerprint density at radius 1 is 1.19 bits per heavy atom. The summed E-state index contributed by atoms with van der Waals surface area (Å²) in [5, 5.41) is 7.64. The lowest BCUT2D eigenvalue weighted by Crippen LogP contribution is -2.24. The molecule has 0 amide bonds. The summed E-state index contributed by atoms with van der Waals surface area (Å²) in [6.07, 6.45) is 1.05. The quantitative estimate of drug-likeness (QED) is 0.672. The molecule has 21 heavy (non-hydrogen) atoms. The zero-order chi connectivity index (χ0) is 14.8. The van der Waals surface area contributed by atoms with Gasteiger partial charge in [-0.2, -0.15) is 0 Å². The normalized spacial score (nSPS) is 18.0. The van der Waals surface area contributed by atoms with Gasteiger partial charge in [0.15, 0.2) is 0 Å². The third-order valence-corrected chi connectivity index (χ3v) is 4.05. The fraction of sp³-hybridized carbons (Fsp3) is 0.235. The minimum absolute atomic E-state index is 0.0901. The molecule has 1 heterocycles. The summed E-state index contributed by atoms with van der Waals surface area (Å²) in [7, 11) is 0. The Bertz CT molecular complexity index is 654. The van der Waals surface area contributed by atoms with Crippen LogP contribution in [-0.4, -0.2) is 18.9 Å². The van der Waals surface area contributed by atoms with Crippen molar-refractivity contribution in [1.82, 2.24) is 0 Å². The van der Waals surface area contributed by atoms with E-state index in [-0.39, 0.29) is 11.7 Å². The first-order valence-corrected chi connectivity index (χ1v) is 7.09. The van der Waals surface area contributed by atoms with Gasteiger partial charge in [-0.15, -0.1) is 0 Å². The maximum atomic E-state index is 13.4. The number of hydrogen-bond acceptors (Lipinski definition) is 2. The van der Waals surface area contributed by atoms with Gasteiger partial charge in [0.2, 0.25) is 0 Å². The molecule has 3 rings (SSSR count). The van der Waals surface area contributed by atoms with Crippen LogP contribution in [0.25, 0.3) is 0 Å². The highest BCUT2D eigenvalue weighted by molar-refractivity contribution is 6.00. The van der Waals surface area contributed by atoms with Crippen LogP contribution in [0.15, 0.2) is 48.5 Å². The first-order chi connectivity index (χ1) is 10.1. The number of anilines is 1. The highest BCUT2D eigenvalue weighted by Gasteiger charge is 2.25. The molecule has 108 valence electrons. The molecule has 2 aromatic carbocycles. The molecular formula is C17H18FN3. The Labute approximate surface area is 123 Å². The average molecular weight is 283 g/mol. The lowest BCUT2D eigenvalue weighted by atomic mass is 9.99. The third kappa shape index (κ3) is 2.75. The van der Waals surface area contributed by atoms with Crippen molar-refractivity contribution >= 4 is 11.5 Å². The van der Waals surface area contributed by atoms with Gasteiger partial charge in [-0.3, -0.25) is 5.41 Å². The predicted octanol–water partition coefficient (Wildman–Crippen LogP) is 3.10. The molecule has 1 unspecified atom stereocenters. The monoisotopic (exact) mass is 283 g/mol. The summed E-state index contributed by atoms with van der Waals surface area (Å²) < 4.78 is 13.4. The molecule has 3 N–H and O–H groups in total. The number of amidine groups is 1. The fourth-order valence-corrected chi connectivity index (χ4v) is 2.98.